The van der Waals surface area contributed by atoms with Crippen LogP contribution < -0.4 is 0 Å². The summed E-state index contributed by atoms with van der Waals surface area (Å²) < 4.78 is 0. The Hall–Kier alpha value is -0.160. The summed E-state index contributed by atoms with van der Waals surface area (Å²) in [5, 5.41) is 35.5. The van der Waals surface area contributed by atoms with E-state index in [1.54, 1.807) is 0 Å². The molecule has 4 nitrogen and oxygen atoms in total. The van der Waals surface area contributed by atoms with Gasteiger partial charge >= 0.3 is 0 Å². The summed E-state index contributed by atoms with van der Waals surface area (Å²) in [6.07, 6.45) is 4.78. The van der Waals surface area contributed by atoms with Gasteiger partial charge in [0.1, 0.15) is 6.10 Å². The van der Waals surface area contributed by atoms with Gasteiger partial charge in [-0.15, -0.1) is 0 Å². The highest BCUT2D eigenvalue weighted by Gasteiger charge is 2.13. The van der Waals surface area contributed by atoms with Crippen LogP contribution >= 0.6 is 0 Å². The SMILES string of the molecule is OCCCCCCCCC(O)C(O)CO. The molecule has 0 fully saturated rings. The lowest BCUT2D eigenvalue weighted by atomic mass is 10.0. The second-order valence-corrected chi connectivity index (χ2v) is 3.95. The smallest absolute Gasteiger partial charge is 0.103 e. The second-order valence-electron chi connectivity index (χ2n) is 3.95. The highest BCUT2D eigenvalue weighted by molar-refractivity contribution is 4.65. The van der Waals surface area contributed by atoms with Crippen LogP contribution in [0.5, 0.6) is 0 Å². The van der Waals surface area contributed by atoms with E-state index in [-0.39, 0.29) is 13.2 Å². The molecule has 4 heteroatoms. The first kappa shape index (κ1) is 14.8. The Kier molecular flexibility index (Phi) is 10.3. The van der Waals surface area contributed by atoms with Crippen LogP contribution in [0.25, 0.3) is 0 Å². The molecule has 0 saturated carbocycles. The van der Waals surface area contributed by atoms with Crippen molar-refractivity contribution >= 4 is 0 Å². The molecule has 0 aromatic heterocycles. The fourth-order valence-corrected chi connectivity index (χ4v) is 1.49. The van der Waals surface area contributed by atoms with Crippen LogP contribution in [0.1, 0.15) is 44.9 Å². The molecule has 92 valence electrons. The summed E-state index contributed by atoms with van der Waals surface area (Å²) in [6.45, 7) is -0.112. The predicted octanol–water partition coefficient (Wildman–Crippen LogP) is 0.423. The Bertz CT molecular complexity index is 130. The van der Waals surface area contributed by atoms with E-state index in [0.717, 1.165) is 38.5 Å². The normalized spacial score (nSPS) is 15.2. The number of aliphatic hydroxyl groups excluding tert-OH is 4. The molecular formula is C11H24O4. The third-order valence-electron chi connectivity index (χ3n) is 2.54. The van der Waals surface area contributed by atoms with Crippen LogP contribution in [0, 0.1) is 0 Å². The Morgan fingerprint density at radius 1 is 0.667 bits per heavy atom. The van der Waals surface area contributed by atoms with E-state index in [2.05, 4.69) is 0 Å². The van der Waals surface area contributed by atoms with Crippen LogP contribution in [-0.4, -0.2) is 45.8 Å². The number of unbranched alkanes of at least 4 members (excludes halogenated alkanes) is 5. The van der Waals surface area contributed by atoms with Gasteiger partial charge in [-0.05, 0) is 12.8 Å². The first-order chi connectivity index (χ1) is 7.22. The highest BCUT2D eigenvalue weighted by atomic mass is 16.4. The van der Waals surface area contributed by atoms with Gasteiger partial charge in [0.2, 0.25) is 0 Å². The van der Waals surface area contributed by atoms with Gasteiger partial charge in [-0.3, -0.25) is 0 Å². The molecule has 0 radical (unpaired) electrons. The largest absolute Gasteiger partial charge is 0.396 e. The molecule has 0 aliphatic rings. The summed E-state index contributed by atoms with van der Waals surface area (Å²) in [5.74, 6) is 0. The fourth-order valence-electron chi connectivity index (χ4n) is 1.49. The lowest BCUT2D eigenvalue weighted by Crippen LogP contribution is -2.28. The molecule has 0 saturated heterocycles. The standard InChI is InChI=1S/C11H24O4/c12-8-6-4-2-1-3-5-7-10(14)11(15)9-13/h10-15H,1-9H2. The maximum atomic E-state index is 9.32. The van der Waals surface area contributed by atoms with Gasteiger partial charge in [0.25, 0.3) is 0 Å². The van der Waals surface area contributed by atoms with Gasteiger partial charge < -0.3 is 20.4 Å². The molecule has 2 unspecified atom stereocenters. The van der Waals surface area contributed by atoms with Crippen molar-refractivity contribution in [3.8, 4) is 0 Å². The van der Waals surface area contributed by atoms with Crippen molar-refractivity contribution in [1.82, 2.24) is 0 Å². The Labute approximate surface area is 91.6 Å². The third-order valence-corrected chi connectivity index (χ3v) is 2.54. The van der Waals surface area contributed by atoms with E-state index in [1.165, 1.54) is 0 Å². The molecule has 2 atom stereocenters. The van der Waals surface area contributed by atoms with Crippen LogP contribution in [0.15, 0.2) is 0 Å². The molecule has 0 amide bonds. The summed E-state index contributed by atoms with van der Waals surface area (Å²) in [4.78, 5) is 0. The van der Waals surface area contributed by atoms with Crippen molar-refractivity contribution in [1.29, 1.82) is 0 Å². The maximum Gasteiger partial charge on any atom is 0.103 e. The van der Waals surface area contributed by atoms with Gasteiger partial charge in [0.15, 0.2) is 0 Å². The van der Waals surface area contributed by atoms with E-state index in [9.17, 15) is 5.11 Å². The van der Waals surface area contributed by atoms with Gasteiger partial charge in [0, 0.05) is 6.61 Å². The molecule has 15 heavy (non-hydrogen) atoms. The maximum absolute atomic E-state index is 9.32. The molecule has 4 N–H and O–H groups in total. The zero-order valence-electron chi connectivity index (χ0n) is 9.31. The molecule has 0 spiro atoms. The number of hydrogen-bond acceptors (Lipinski definition) is 4. The lowest BCUT2D eigenvalue weighted by molar-refractivity contribution is -0.0185. The zero-order chi connectivity index (χ0) is 11.5. The first-order valence-corrected chi connectivity index (χ1v) is 5.80. The van der Waals surface area contributed by atoms with E-state index in [1.807, 2.05) is 0 Å². The Morgan fingerprint density at radius 2 is 1.20 bits per heavy atom. The third kappa shape index (κ3) is 8.81. The molecule has 0 aliphatic carbocycles. The van der Waals surface area contributed by atoms with E-state index in [0.29, 0.717) is 6.42 Å². The summed E-state index contributed by atoms with van der Waals surface area (Å²) >= 11 is 0. The lowest BCUT2D eigenvalue weighted by Gasteiger charge is -2.14. The van der Waals surface area contributed by atoms with Crippen molar-refractivity contribution < 1.29 is 20.4 Å². The van der Waals surface area contributed by atoms with E-state index < -0.39 is 12.2 Å². The molecular weight excluding hydrogens is 196 g/mol. The van der Waals surface area contributed by atoms with Crippen LogP contribution in [0.3, 0.4) is 0 Å². The van der Waals surface area contributed by atoms with Crippen LogP contribution in [-0.2, 0) is 0 Å². The van der Waals surface area contributed by atoms with Crippen molar-refractivity contribution in [2.75, 3.05) is 13.2 Å². The van der Waals surface area contributed by atoms with Crippen LogP contribution in [0.4, 0.5) is 0 Å². The summed E-state index contributed by atoms with van der Waals surface area (Å²) in [7, 11) is 0. The monoisotopic (exact) mass is 220 g/mol. The van der Waals surface area contributed by atoms with E-state index in [4.69, 9.17) is 15.3 Å². The minimum absolute atomic E-state index is 0.265. The average Bonchev–Trinajstić information content (AvgIpc) is 2.26. The molecule has 0 rings (SSSR count). The Morgan fingerprint density at radius 3 is 1.73 bits per heavy atom. The minimum atomic E-state index is -1.00. The second kappa shape index (κ2) is 10.4. The quantitative estimate of drug-likeness (QED) is 0.402. The van der Waals surface area contributed by atoms with Gasteiger partial charge in [-0.1, -0.05) is 32.1 Å². The van der Waals surface area contributed by atoms with Crippen molar-refractivity contribution in [3.05, 3.63) is 0 Å². The summed E-state index contributed by atoms with van der Waals surface area (Å²) in [6, 6.07) is 0. The van der Waals surface area contributed by atoms with Gasteiger partial charge in [-0.2, -0.15) is 0 Å². The molecule has 0 aromatic rings. The number of hydrogen-bond donors (Lipinski definition) is 4. The highest BCUT2D eigenvalue weighted by Crippen LogP contribution is 2.10. The fraction of sp³-hybridized carbons (Fsp3) is 1.00. The number of rotatable bonds is 10. The predicted molar refractivity (Wildman–Crippen MR) is 58.5 cm³/mol. The van der Waals surface area contributed by atoms with Crippen LogP contribution in [0.2, 0.25) is 0 Å². The summed E-state index contributed by atoms with van der Waals surface area (Å²) in [5.41, 5.74) is 0. The molecule has 0 aromatic carbocycles. The molecule has 0 heterocycles. The first-order valence-electron chi connectivity index (χ1n) is 5.80. The zero-order valence-corrected chi connectivity index (χ0v) is 9.31. The van der Waals surface area contributed by atoms with Gasteiger partial charge in [0.05, 0.1) is 12.7 Å². The van der Waals surface area contributed by atoms with E-state index >= 15 is 0 Å². The van der Waals surface area contributed by atoms with Gasteiger partial charge in [-0.25, -0.2) is 0 Å². The molecule has 0 bridgehead atoms. The van der Waals surface area contributed by atoms with Crippen molar-refractivity contribution in [2.24, 2.45) is 0 Å². The molecule has 0 aliphatic heterocycles. The number of aliphatic hydroxyl groups is 4. The minimum Gasteiger partial charge on any atom is -0.396 e. The van der Waals surface area contributed by atoms with Crippen molar-refractivity contribution in [3.63, 3.8) is 0 Å². The van der Waals surface area contributed by atoms with Crippen molar-refractivity contribution in [2.45, 2.75) is 57.2 Å². The Balaban J connectivity index is 3.16. The average molecular weight is 220 g/mol. The topological polar surface area (TPSA) is 80.9 Å².